The van der Waals surface area contributed by atoms with Gasteiger partial charge in [0.25, 0.3) is 0 Å². The fraction of sp³-hybridized carbons (Fsp3) is 0.167. The van der Waals surface area contributed by atoms with Crippen molar-refractivity contribution in [1.29, 1.82) is 0 Å². The zero-order valence-corrected chi connectivity index (χ0v) is 6.72. The molecule has 0 bridgehead atoms. The van der Waals surface area contributed by atoms with Crippen LogP contribution in [0.1, 0.15) is 0 Å². The smallest absolute Gasteiger partial charge is 0.418 e. The number of pyridine rings is 1. The van der Waals surface area contributed by atoms with Crippen LogP contribution in [0.25, 0.3) is 0 Å². The summed E-state index contributed by atoms with van der Waals surface area (Å²) in [4.78, 5) is 0. The number of rotatable bonds is 0. The lowest BCUT2D eigenvalue weighted by Gasteiger charge is -1.94. The largest absolute Gasteiger partial charge is 0.673 e. The van der Waals surface area contributed by atoms with Gasteiger partial charge in [0.05, 0.1) is 0 Å². The SMILES string of the molecule is C[n+]1ccccc1F.F[B-](F)(F)F. The van der Waals surface area contributed by atoms with Gasteiger partial charge in [-0.15, -0.1) is 4.39 Å². The molecule has 74 valence electrons. The Labute approximate surface area is 71.9 Å². The molecule has 0 aliphatic heterocycles. The second kappa shape index (κ2) is 4.79. The highest BCUT2D eigenvalue weighted by molar-refractivity contribution is 6.50. The summed E-state index contributed by atoms with van der Waals surface area (Å²) in [6.45, 7) is 0. The zero-order chi connectivity index (χ0) is 10.5. The van der Waals surface area contributed by atoms with Gasteiger partial charge in [-0.05, 0) is 6.07 Å². The quantitative estimate of drug-likeness (QED) is 0.260. The lowest BCUT2D eigenvalue weighted by Crippen LogP contribution is -2.31. The Bertz CT molecular complexity index is 234. The van der Waals surface area contributed by atoms with Crippen molar-refractivity contribution in [3.05, 3.63) is 30.3 Å². The average molecular weight is 199 g/mol. The van der Waals surface area contributed by atoms with E-state index in [0.717, 1.165) is 0 Å². The third-order valence-corrected chi connectivity index (χ3v) is 0.991. The summed E-state index contributed by atoms with van der Waals surface area (Å²) < 4.78 is 52.7. The Hall–Kier alpha value is -1.14. The first kappa shape index (κ1) is 11.9. The Morgan fingerprint density at radius 1 is 1.15 bits per heavy atom. The Morgan fingerprint density at radius 3 is 1.85 bits per heavy atom. The van der Waals surface area contributed by atoms with Gasteiger partial charge in [-0.3, -0.25) is 0 Å². The molecule has 0 saturated heterocycles. The van der Waals surface area contributed by atoms with Crippen LogP contribution in [0.3, 0.4) is 0 Å². The second-order valence-corrected chi connectivity index (χ2v) is 2.13. The monoisotopic (exact) mass is 199 g/mol. The summed E-state index contributed by atoms with van der Waals surface area (Å²) in [5.74, 6) is -0.215. The molecule has 0 aliphatic rings. The molecule has 7 heteroatoms. The molecule has 0 unspecified atom stereocenters. The van der Waals surface area contributed by atoms with Crippen LogP contribution >= 0.6 is 0 Å². The number of hydrogen-bond donors (Lipinski definition) is 0. The number of aromatic nitrogens is 1. The van der Waals surface area contributed by atoms with Crippen molar-refractivity contribution in [2.24, 2.45) is 7.05 Å². The van der Waals surface area contributed by atoms with E-state index in [1.54, 1.807) is 25.4 Å². The van der Waals surface area contributed by atoms with Gasteiger partial charge in [-0.2, -0.15) is 4.57 Å². The normalized spacial score (nSPS) is 10.3. The Morgan fingerprint density at radius 2 is 1.62 bits per heavy atom. The maximum absolute atomic E-state index is 12.3. The predicted octanol–water partition coefficient (Wildman–Crippen LogP) is 1.95. The highest BCUT2D eigenvalue weighted by Gasteiger charge is 2.20. The van der Waals surface area contributed by atoms with E-state index in [2.05, 4.69) is 0 Å². The number of hydrogen-bond acceptors (Lipinski definition) is 0. The summed E-state index contributed by atoms with van der Waals surface area (Å²) in [5.41, 5.74) is 0. The Balaban J connectivity index is 0.000000252. The van der Waals surface area contributed by atoms with E-state index in [4.69, 9.17) is 0 Å². The molecule has 0 amide bonds. The first-order valence-corrected chi connectivity index (χ1v) is 3.28. The molecular weight excluding hydrogens is 192 g/mol. The van der Waals surface area contributed by atoms with Crippen LogP contribution in [-0.4, -0.2) is 7.25 Å². The highest BCUT2D eigenvalue weighted by Crippen LogP contribution is 2.06. The number of halogens is 5. The number of nitrogens with zero attached hydrogens (tertiary/aromatic N) is 1. The molecule has 1 rings (SSSR count). The number of aryl methyl sites for hydroxylation is 1. The van der Waals surface area contributed by atoms with E-state index < -0.39 is 7.25 Å². The molecule has 0 atom stereocenters. The van der Waals surface area contributed by atoms with Crippen LogP contribution in [0, 0.1) is 5.95 Å². The van der Waals surface area contributed by atoms with Gasteiger partial charge >= 0.3 is 13.2 Å². The predicted molar refractivity (Wildman–Crippen MR) is 37.8 cm³/mol. The van der Waals surface area contributed by atoms with Gasteiger partial charge in [0, 0.05) is 12.1 Å². The van der Waals surface area contributed by atoms with E-state index in [9.17, 15) is 21.7 Å². The van der Waals surface area contributed by atoms with E-state index in [-0.39, 0.29) is 5.95 Å². The minimum atomic E-state index is -6.00. The maximum atomic E-state index is 12.3. The highest BCUT2D eigenvalue weighted by atomic mass is 19.5. The maximum Gasteiger partial charge on any atom is 0.673 e. The molecule has 13 heavy (non-hydrogen) atoms. The lowest BCUT2D eigenvalue weighted by molar-refractivity contribution is -0.700. The average Bonchev–Trinajstić information content (AvgIpc) is 1.92. The summed E-state index contributed by atoms with van der Waals surface area (Å²) in [7, 11) is -4.34. The van der Waals surface area contributed by atoms with Crippen molar-refractivity contribution < 1.29 is 26.2 Å². The molecule has 1 heterocycles. The van der Waals surface area contributed by atoms with Crippen molar-refractivity contribution in [1.82, 2.24) is 0 Å². The molecule has 0 spiro atoms. The molecule has 1 aromatic rings. The van der Waals surface area contributed by atoms with Crippen LogP contribution < -0.4 is 4.57 Å². The van der Waals surface area contributed by atoms with Gasteiger partial charge in [0.2, 0.25) is 0 Å². The fourth-order valence-corrected chi connectivity index (χ4v) is 0.503. The van der Waals surface area contributed by atoms with Crippen LogP contribution in [0.4, 0.5) is 21.7 Å². The topological polar surface area (TPSA) is 3.88 Å². The third-order valence-electron chi connectivity index (χ3n) is 0.991. The van der Waals surface area contributed by atoms with E-state index in [0.29, 0.717) is 0 Å². The van der Waals surface area contributed by atoms with Crippen LogP contribution in [0.15, 0.2) is 24.4 Å². The third kappa shape index (κ3) is 8.77. The van der Waals surface area contributed by atoms with Gasteiger partial charge in [0.15, 0.2) is 6.20 Å². The fourth-order valence-electron chi connectivity index (χ4n) is 0.503. The molecule has 0 aromatic carbocycles. The van der Waals surface area contributed by atoms with Crippen molar-refractivity contribution in [3.63, 3.8) is 0 Å². The van der Waals surface area contributed by atoms with Crippen molar-refractivity contribution in [3.8, 4) is 0 Å². The molecule has 1 nitrogen and oxygen atoms in total. The van der Waals surface area contributed by atoms with Crippen molar-refractivity contribution in [2.45, 2.75) is 0 Å². The van der Waals surface area contributed by atoms with Gasteiger partial charge < -0.3 is 17.3 Å². The van der Waals surface area contributed by atoms with Crippen molar-refractivity contribution in [2.75, 3.05) is 0 Å². The van der Waals surface area contributed by atoms with E-state index in [1.807, 2.05) is 0 Å². The first-order chi connectivity index (χ1) is 5.80. The molecule has 0 saturated carbocycles. The zero-order valence-electron chi connectivity index (χ0n) is 6.72. The molecule has 0 fully saturated rings. The van der Waals surface area contributed by atoms with Gasteiger partial charge in [-0.1, -0.05) is 0 Å². The molecule has 0 N–H and O–H groups in total. The minimum Gasteiger partial charge on any atom is -0.418 e. The van der Waals surface area contributed by atoms with E-state index in [1.165, 1.54) is 10.6 Å². The van der Waals surface area contributed by atoms with Crippen LogP contribution in [0.5, 0.6) is 0 Å². The second-order valence-electron chi connectivity index (χ2n) is 2.13. The summed E-state index contributed by atoms with van der Waals surface area (Å²) in [6.07, 6.45) is 1.66. The summed E-state index contributed by atoms with van der Waals surface area (Å²) in [5, 5.41) is 0. The summed E-state index contributed by atoms with van der Waals surface area (Å²) in [6, 6.07) is 4.86. The van der Waals surface area contributed by atoms with Crippen molar-refractivity contribution >= 4 is 7.25 Å². The summed E-state index contributed by atoms with van der Waals surface area (Å²) >= 11 is 0. The lowest BCUT2D eigenvalue weighted by atomic mass is 10.3. The molecule has 0 radical (unpaired) electrons. The minimum absolute atomic E-state index is 0.215. The van der Waals surface area contributed by atoms with Crippen LogP contribution in [-0.2, 0) is 7.05 Å². The standard InChI is InChI=1S/C6H7FN.BF4/c1-8-5-3-2-4-6(8)7;2-1(3,4)5/h2-5H,1H3;/q+1;-1. The van der Waals surface area contributed by atoms with E-state index >= 15 is 0 Å². The van der Waals surface area contributed by atoms with Crippen LogP contribution in [0.2, 0.25) is 0 Å². The van der Waals surface area contributed by atoms with Gasteiger partial charge in [-0.25, -0.2) is 0 Å². The first-order valence-electron chi connectivity index (χ1n) is 3.28. The Kier molecular flexibility index (Phi) is 4.37. The molecule has 0 aliphatic carbocycles. The molecular formula is C6H7BF5N. The van der Waals surface area contributed by atoms with Gasteiger partial charge in [0.1, 0.15) is 7.05 Å². The molecule has 1 aromatic heterocycles.